The van der Waals surface area contributed by atoms with Crippen LogP contribution in [0, 0.1) is 22.7 Å². The van der Waals surface area contributed by atoms with Crippen molar-refractivity contribution in [3.05, 3.63) is 0 Å². The summed E-state index contributed by atoms with van der Waals surface area (Å²) in [6, 6.07) is 0. The van der Waals surface area contributed by atoms with Gasteiger partial charge in [-0.05, 0) is 80.6 Å². The molecule has 0 bridgehead atoms. The van der Waals surface area contributed by atoms with Crippen LogP contribution in [0.2, 0.25) is 0 Å². The second kappa shape index (κ2) is 13.3. The van der Waals surface area contributed by atoms with Gasteiger partial charge < -0.3 is 23.7 Å². The summed E-state index contributed by atoms with van der Waals surface area (Å²) in [4.78, 5) is 25.2. The average Bonchev–Trinajstić information content (AvgIpc) is 2.68. The molecule has 7 heteroatoms. The van der Waals surface area contributed by atoms with Gasteiger partial charge in [-0.3, -0.25) is 4.79 Å². The number of carbonyl (C=O) groups excluding carboxylic acids is 2. The number of hydrogen-bond acceptors (Lipinski definition) is 7. The van der Waals surface area contributed by atoms with E-state index in [0.717, 1.165) is 0 Å². The summed E-state index contributed by atoms with van der Waals surface area (Å²) in [5, 5.41) is 0. The molecule has 0 heterocycles. The van der Waals surface area contributed by atoms with Gasteiger partial charge >= 0.3 is 12.1 Å². The van der Waals surface area contributed by atoms with E-state index in [1.165, 1.54) is 0 Å². The minimum atomic E-state index is -0.877. The lowest BCUT2D eigenvalue weighted by Crippen LogP contribution is -2.49. The van der Waals surface area contributed by atoms with E-state index in [4.69, 9.17) is 23.7 Å². The third-order valence-corrected chi connectivity index (χ3v) is 7.73. The summed E-state index contributed by atoms with van der Waals surface area (Å²) < 4.78 is 28.4. The molecular weight excluding hydrogens is 448 g/mol. The molecule has 0 aromatic carbocycles. The van der Waals surface area contributed by atoms with Gasteiger partial charge in [-0.15, -0.1) is 0 Å². The molecule has 0 aliphatic heterocycles. The fourth-order valence-corrected chi connectivity index (χ4v) is 2.93. The Balaban J connectivity index is 4.92. The van der Waals surface area contributed by atoms with Gasteiger partial charge in [-0.1, -0.05) is 34.6 Å². The molecule has 0 N–H and O–H groups in total. The van der Waals surface area contributed by atoms with Crippen LogP contribution >= 0.6 is 0 Å². The lowest BCUT2D eigenvalue weighted by atomic mass is 9.74. The van der Waals surface area contributed by atoms with E-state index in [1.54, 1.807) is 0 Å². The molecule has 0 aliphatic rings. The van der Waals surface area contributed by atoms with Crippen molar-refractivity contribution in [2.45, 2.75) is 127 Å². The zero-order chi connectivity index (χ0) is 27.8. The van der Waals surface area contributed by atoms with Crippen LogP contribution in [0.15, 0.2) is 0 Å². The Morgan fingerprint density at radius 1 is 0.743 bits per heavy atom. The Morgan fingerprint density at radius 2 is 1.29 bits per heavy atom. The smallest absolute Gasteiger partial charge is 0.462 e. The zero-order valence-electron chi connectivity index (χ0n) is 25.0. The van der Waals surface area contributed by atoms with E-state index in [9.17, 15) is 9.59 Å². The van der Waals surface area contributed by atoms with Gasteiger partial charge in [0, 0.05) is 12.0 Å². The highest BCUT2D eigenvalue weighted by Gasteiger charge is 2.47. The lowest BCUT2D eigenvalue weighted by Gasteiger charge is -2.43. The summed E-state index contributed by atoms with van der Waals surface area (Å²) in [6.07, 6.45) is -0.152. The monoisotopic (exact) mass is 502 g/mol. The first-order chi connectivity index (χ1) is 15.7. The maximum absolute atomic E-state index is 12.9. The first-order valence-corrected chi connectivity index (χ1v) is 13.0. The fraction of sp³-hybridized carbons (Fsp3) is 0.929. The van der Waals surface area contributed by atoms with Crippen LogP contribution < -0.4 is 0 Å². The summed E-state index contributed by atoms with van der Waals surface area (Å²) in [5.41, 5.74) is -2.84. The van der Waals surface area contributed by atoms with Crippen molar-refractivity contribution in [1.82, 2.24) is 0 Å². The normalized spacial score (nSPS) is 15.2. The number of rotatable bonds is 15. The highest BCUT2D eigenvalue weighted by atomic mass is 16.7. The van der Waals surface area contributed by atoms with E-state index in [1.807, 2.05) is 83.1 Å². The first kappa shape index (κ1) is 33.7. The van der Waals surface area contributed by atoms with Crippen molar-refractivity contribution in [2.75, 3.05) is 19.8 Å². The highest BCUT2D eigenvalue weighted by Crippen LogP contribution is 2.40. The molecule has 2 atom stereocenters. The number of hydrogen-bond donors (Lipinski definition) is 0. The number of esters is 1. The molecule has 0 rings (SSSR count). The predicted molar refractivity (Wildman–Crippen MR) is 139 cm³/mol. The molecule has 2 unspecified atom stereocenters. The largest absolute Gasteiger partial charge is 0.508 e. The summed E-state index contributed by atoms with van der Waals surface area (Å²) in [5.74, 6) is 0.351. The van der Waals surface area contributed by atoms with E-state index in [-0.39, 0.29) is 30.7 Å². The summed E-state index contributed by atoms with van der Waals surface area (Å²) in [7, 11) is 0. The molecular formula is C28H54O7. The third-order valence-electron chi connectivity index (χ3n) is 7.73. The third kappa shape index (κ3) is 10.7. The van der Waals surface area contributed by atoms with Crippen molar-refractivity contribution >= 4 is 12.1 Å². The Bertz CT molecular complexity index is 662. The zero-order valence-corrected chi connectivity index (χ0v) is 25.0. The summed E-state index contributed by atoms with van der Waals surface area (Å²) in [6.45, 7) is 28.2. The molecule has 7 nitrogen and oxygen atoms in total. The van der Waals surface area contributed by atoms with E-state index in [0.29, 0.717) is 25.6 Å². The van der Waals surface area contributed by atoms with Gasteiger partial charge in [0.2, 0.25) is 0 Å². The van der Waals surface area contributed by atoms with Gasteiger partial charge in [-0.2, -0.15) is 0 Å². The molecule has 208 valence electrons. The lowest BCUT2D eigenvalue weighted by molar-refractivity contribution is -0.181. The summed E-state index contributed by atoms with van der Waals surface area (Å²) >= 11 is 0. The Labute approximate surface area is 214 Å². The molecule has 0 saturated carbocycles. The molecule has 0 amide bonds. The second-order valence-electron chi connectivity index (χ2n) is 12.6. The van der Waals surface area contributed by atoms with Crippen LogP contribution in [0.25, 0.3) is 0 Å². The second-order valence-corrected chi connectivity index (χ2v) is 12.6. The van der Waals surface area contributed by atoms with Crippen LogP contribution in [0.3, 0.4) is 0 Å². The van der Waals surface area contributed by atoms with Crippen molar-refractivity contribution < 1.29 is 33.3 Å². The van der Waals surface area contributed by atoms with E-state index < -0.39 is 28.2 Å². The minimum absolute atomic E-state index is 0.0681. The van der Waals surface area contributed by atoms with Gasteiger partial charge in [0.15, 0.2) is 0 Å². The van der Waals surface area contributed by atoms with Crippen LogP contribution in [-0.2, 0) is 28.5 Å². The fourth-order valence-electron chi connectivity index (χ4n) is 2.93. The standard InChI is InChI=1S/C28H54O7/c1-19(2)21(5)17-32-24(30)35-27(11,12)25(7,8)15-16-33-28(13,14)26(9,10)23(29)31-18-22(6)34-20(3)4/h19-22H,15-18H2,1-14H3. The molecule has 0 aliphatic carbocycles. The maximum atomic E-state index is 12.9. The minimum Gasteiger partial charge on any atom is -0.462 e. The van der Waals surface area contributed by atoms with E-state index in [2.05, 4.69) is 13.8 Å². The van der Waals surface area contributed by atoms with Crippen LogP contribution in [0.5, 0.6) is 0 Å². The molecule has 0 aromatic heterocycles. The van der Waals surface area contributed by atoms with Crippen LogP contribution in [-0.4, -0.2) is 55.4 Å². The SMILES string of the molecule is CC(C)OC(C)COC(=O)C(C)(C)C(C)(C)OCCC(C)(C)C(C)(C)OC(=O)OCC(C)C(C)C. The maximum Gasteiger partial charge on any atom is 0.508 e. The molecule has 0 radical (unpaired) electrons. The van der Waals surface area contributed by atoms with Crippen LogP contribution in [0.1, 0.15) is 103 Å². The van der Waals surface area contributed by atoms with Gasteiger partial charge in [0.1, 0.15) is 12.2 Å². The van der Waals surface area contributed by atoms with Gasteiger partial charge in [0.25, 0.3) is 0 Å². The first-order valence-electron chi connectivity index (χ1n) is 13.0. The quantitative estimate of drug-likeness (QED) is 0.228. The Hall–Kier alpha value is -1.34. The molecule has 0 aromatic rings. The van der Waals surface area contributed by atoms with Crippen molar-refractivity contribution in [3.8, 4) is 0 Å². The van der Waals surface area contributed by atoms with Crippen molar-refractivity contribution in [2.24, 2.45) is 22.7 Å². The average molecular weight is 503 g/mol. The number of carbonyl (C=O) groups is 2. The Kier molecular flexibility index (Phi) is 12.8. The molecule has 35 heavy (non-hydrogen) atoms. The van der Waals surface area contributed by atoms with Gasteiger partial charge in [0.05, 0.1) is 29.8 Å². The van der Waals surface area contributed by atoms with Crippen molar-refractivity contribution in [1.29, 1.82) is 0 Å². The molecule has 0 saturated heterocycles. The topological polar surface area (TPSA) is 80.3 Å². The van der Waals surface area contributed by atoms with Crippen molar-refractivity contribution in [3.63, 3.8) is 0 Å². The predicted octanol–water partition coefficient (Wildman–Crippen LogP) is 6.80. The Morgan fingerprint density at radius 3 is 1.77 bits per heavy atom. The highest BCUT2D eigenvalue weighted by molar-refractivity contribution is 5.77. The molecule has 0 fully saturated rings. The number of ether oxygens (including phenoxy) is 5. The van der Waals surface area contributed by atoms with Gasteiger partial charge in [-0.25, -0.2) is 4.79 Å². The van der Waals surface area contributed by atoms with E-state index >= 15 is 0 Å². The van der Waals surface area contributed by atoms with Crippen LogP contribution in [0.4, 0.5) is 4.79 Å². The molecule has 0 spiro atoms.